The van der Waals surface area contributed by atoms with Gasteiger partial charge in [-0.1, -0.05) is 81.4 Å². The number of hydrogen-bond donors (Lipinski definition) is 1. The van der Waals surface area contributed by atoms with Crippen molar-refractivity contribution in [3.63, 3.8) is 0 Å². The van der Waals surface area contributed by atoms with E-state index in [9.17, 15) is 4.79 Å². The summed E-state index contributed by atoms with van der Waals surface area (Å²) in [6, 6.07) is 22.6. The number of aryl methyl sites for hydroxylation is 1. The molecule has 3 nitrogen and oxygen atoms in total. The molecule has 0 aliphatic rings. The van der Waals surface area contributed by atoms with Crippen molar-refractivity contribution >= 4 is 16.7 Å². The molecule has 0 fully saturated rings. The molecule has 0 atom stereocenters. The van der Waals surface area contributed by atoms with E-state index in [-0.39, 0.29) is 11.3 Å². The molecule has 1 amide bonds. The summed E-state index contributed by atoms with van der Waals surface area (Å²) in [6.07, 6.45) is 1.22. The van der Waals surface area contributed by atoms with Crippen LogP contribution in [0.2, 0.25) is 0 Å². The maximum atomic E-state index is 12.2. The summed E-state index contributed by atoms with van der Waals surface area (Å²) in [5, 5.41) is 5.40. The van der Waals surface area contributed by atoms with E-state index in [1.54, 1.807) is 0 Å². The number of rotatable bonds is 7. The Morgan fingerprint density at radius 2 is 1.64 bits per heavy atom. The molecule has 0 unspecified atom stereocenters. The van der Waals surface area contributed by atoms with Crippen LogP contribution in [-0.2, 0) is 16.6 Å². The van der Waals surface area contributed by atoms with Crippen LogP contribution in [0.15, 0.2) is 66.7 Å². The van der Waals surface area contributed by atoms with Crippen LogP contribution in [0.3, 0.4) is 0 Å². The van der Waals surface area contributed by atoms with Gasteiger partial charge in [-0.25, -0.2) is 0 Å². The van der Waals surface area contributed by atoms with Crippen molar-refractivity contribution in [3.8, 4) is 5.75 Å². The number of nitrogens with one attached hydrogen (secondary N) is 1. The summed E-state index contributed by atoms with van der Waals surface area (Å²) in [6.45, 7) is 7.48. The van der Waals surface area contributed by atoms with Crippen LogP contribution in [0.5, 0.6) is 5.75 Å². The molecule has 1 N–H and O–H groups in total. The van der Waals surface area contributed by atoms with E-state index < -0.39 is 0 Å². The van der Waals surface area contributed by atoms with Gasteiger partial charge in [-0.05, 0) is 39.8 Å². The van der Waals surface area contributed by atoms with Crippen molar-refractivity contribution in [3.05, 3.63) is 77.9 Å². The normalized spacial score (nSPS) is 11.4. The predicted octanol–water partition coefficient (Wildman–Crippen LogP) is 5.27. The van der Waals surface area contributed by atoms with Crippen LogP contribution >= 0.6 is 0 Å². The average molecular weight is 376 g/mol. The minimum atomic E-state index is 0.0261. The van der Waals surface area contributed by atoms with E-state index in [0.29, 0.717) is 19.6 Å². The maximum absolute atomic E-state index is 12.2. The summed E-state index contributed by atoms with van der Waals surface area (Å²) in [7, 11) is 0. The van der Waals surface area contributed by atoms with E-state index in [0.717, 1.165) is 12.2 Å². The Morgan fingerprint density at radius 1 is 0.929 bits per heavy atom. The lowest BCUT2D eigenvalue weighted by Gasteiger charge is -2.22. The molecule has 0 aliphatic carbocycles. The van der Waals surface area contributed by atoms with E-state index in [2.05, 4.69) is 62.5 Å². The summed E-state index contributed by atoms with van der Waals surface area (Å²) in [5.74, 6) is 0.945. The fourth-order valence-corrected chi connectivity index (χ4v) is 3.41. The molecule has 28 heavy (non-hydrogen) atoms. The lowest BCUT2D eigenvalue weighted by molar-refractivity contribution is -0.121. The van der Waals surface area contributed by atoms with E-state index in [1.807, 2.05) is 30.3 Å². The molecular weight excluding hydrogens is 346 g/mol. The van der Waals surface area contributed by atoms with Crippen LogP contribution in [-0.4, -0.2) is 19.1 Å². The largest absolute Gasteiger partial charge is 0.491 e. The molecule has 3 aromatic carbocycles. The molecule has 146 valence electrons. The van der Waals surface area contributed by atoms with Gasteiger partial charge in [0.25, 0.3) is 0 Å². The van der Waals surface area contributed by atoms with Crippen LogP contribution < -0.4 is 10.1 Å². The van der Waals surface area contributed by atoms with Gasteiger partial charge in [-0.15, -0.1) is 0 Å². The van der Waals surface area contributed by atoms with E-state index in [1.165, 1.54) is 21.9 Å². The van der Waals surface area contributed by atoms with Crippen LogP contribution in [0.25, 0.3) is 10.8 Å². The van der Waals surface area contributed by atoms with Gasteiger partial charge >= 0.3 is 0 Å². The quantitative estimate of drug-likeness (QED) is 0.572. The highest BCUT2D eigenvalue weighted by atomic mass is 16.5. The first-order valence-electron chi connectivity index (χ1n) is 9.91. The van der Waals surface area contributed by atoms with Gasteiger partial charge in [0, 0.05) is 6.42 Å². The Bertz CT molecular complexity index is 935. The number of amides is 1. The summed E-state index contributed by atoms with van der Waals surface area (Å²) in [5.41, 5.74) is 2.42. The number of hydrogen-bond acceptors (Lipinski definition) is 2. The highest BCUT2D eigenvalue weighted by molar-refractivity contribution is 5.86. The highest BCUT2D eigenvalue weighted by Gasteiger charge is 2.18. The lowest BCUT2D eigenvalue weighted by atomic mass is 9.86. The van der Waals surface area contributed by atoms with Crippen molar-refractivity contribution < 1.29 is 9.53 Å². The minimum Gasteiger partial charge on any atom is -0.491 e. The van der Waals surface area contributed by atoms with Crippen LogP contribution in [0.1, 0.15) is 38.3 Å². The van der Waals surface area contributed by atoms with E-state index >= 15 is 0 Å². The molecule has 0 aliphatic heterocycles. The summed E-state index contributed by atoms with van der Waals surface area (Å²) >= 11 is 0. The molecule has 0 spiro atoms. The Morgan fingerprint density at radius 3 is 2.46 bits per heavy atom. The first-order chi connectivity index (χ1) is 13.4. The number of fused-ring (bicyclic) bond motifs is 1. The van der Waals surface area contributed by atoms with Gasteiger partial charge in [-0.2, -0.15) is 0 Å². The monoisotopic (exact) mass is 375 g/mol. The van der Waals surface area contributed by atoms with E-state index in [4.69, 9.17) is 4.74 Å². The predicted molar refractivity (Wildman–Crippen MR) is 116 cm³/mol. The number of carbonyl (C=O) groups excluding carboxylic acids is 1. The highest BCUT2D eigenvalue weighted by Crippen LogP contribution is 2.30. The first kappa shape index (κ1) is 19.9. The van der Waals surface area contributed by atoms with Gasteiger partial charge in [0.15, 0.2) is 0 Å². The second-order valence-electron chi connectivity index (χ2n) is 8.08. The fraction of sp³-hybridized carbons (Fsp3) is 0.320. The van der Waals surface area contributed by atoms with Gasteiger partial charge < -0.3 is 10.1 Å². The molecule has 0 radical (unpaired) electrons. The van der Waals surface area contributed by atoms with Crippen molar-refractivity contribution in [1.29, 1.82) is 0 Å². The molecule has 0 bridgehead atoms. The number of para-hydroxylation sites is 1. The molecule has 3 aromatic rings. The van der Waals surface area contributed by atoms with Crippen LogP contribution in [0, 0.1) is 0 Å². The SMILES string of the molecule is CC(C)(C)c1ccccc1OCCNC(=O)CCc1cccc2ccccc12. The average Bonchev–Trinajstić information content (AvgIpc) is 2.69. The first-order valence-corrected chi connectivity index (χ1v) is 9.91. The minimum absolute atomic E-state index is 0.0261. The Hall–Kier alpha value is -2.81. The van der Waals surface area contributed by atoms with Crippen LogP contribution in [0.4, 0.5) is 0 Å². The Labute approximate surface area is 167 Å². The zero-order valence-corrected chi connectivity index (χ0v) is 17.0. The second-order valence-corrected chi connectivity index (χ2v) is 8.08. The molecule has 0 aromatic heterocycles. The zero-order chi connectivity index (χ0) is 20.0. The molecule has 0 heterocycles. The summed E-state index contributed by atoms with van der Waals surface area (Å²) < 4.78 is 5.92. The van der Waals surface area contributed by atoms with Gasteiger partial charge in [0.05, 0.1) is 6.54 Å². The number of ether oxygens (including phenoxy) is 1. The number of carbonyl (C=O) groups is 1. The van der Waals surface area contributed by atoms with Crippen molar-refractivity contribution in [2.45, 2.75) is 39.0 Å². The molecule has 0 saturated carbocycles. The third kappa shape index (κ3) is 5.13. The molecular formula is C25H29NO2. The Balaban J connectivity index is 1.47. The maximum Gasteiger partial charge on any atom is 0.220 e. The van der Waals surface area contributed by atoms with Crippen molar-refractivity contribution in [1.82, 2.24) is 5.32 Å². The standard InChI is InChI=1S/C25H29NO2/c1-25(2,3)22-13-6-7-14-23(22)28-18-17-26-24(27)16-15-20-11-8-10-19-9-4-5-12-21(19)20/h4-14H,15-18H2,1-3H3,(H,26,27). The Kier molecular flexibility index (Phi) is 6.35. The second kappa shape index (κ2) is 8.92. The fourth-order valence-electron chi connectivity index (χ4n) is 3.41. The summed E-state index contributed by atoms with van der Waals surface area (Å²) in [4.78, 5) is 12.2. The lowest BCUT2D eigenvalue weighted by Crippen LogP contribution is -2.28. The third-order valence-corrected chi connectivity index (χ3v) is 4.88. The number of benzene rings is 3. The van der Waals surface area contributed by atoms with Gasteiger partial charge in [-0.3, -0.25) is 4.79 Å². The molecule has 0 saturated heterocycles. The zero-order valence-electron chi connectivity index (χ0n) is 17.0. The topological polar surface area (TPSA) is 38.3 Å². The smallest absolute Gasteiger partial charge is 0.220 e. The van der Waals surface area contributed by atoms with Gasteiger partial charge in [0.1, 0.15) is 12.4 Å². The third-order valence-electron chi connectivity index (χ3n) is 4.88. The molecule has 3 rings (SSSR count). The van der Waals surface area contributed by atoms with Crippen molar-refractivity contribution in [2.24, 2.45) is 0 Å². The van der Waals surface area contributed by atoms with Crippen molar-refractivity contribution in [2.75, 3.05) is 13.2 Å². The van der Waals surface area contributed by atoms with Gasteiger partial charge in [0.2, 0.25) is 5.91 Å². The molecule has 3 heteroatoms.